The Labute approximate surface area is 92.9 Å². The minimum atomic E-state index is 0.121. The molecule has 14 heavy (non-hydrogen) atoms. The molecule has 0 aromatic carbocycles. The third-order valence-electron chi connectivity index (χ3n) is 3.09. The van der Waals surface area contributed by atoms with E-state index in [0.29, 0.717) is 17.5 Å². The van der Waals surface area contributed by atoms with Gasteiger partial charge in [-0.2, -0.15) is 0 Å². The highest BCUT2D eigenvalue weighted by Gasteiger charge is 2.35. The summed E-state index contributed by atoms with van der Waals surface area (Å²) in [7, 11) is 0. The van der Waals surface area contributed by atoms with Crippen molar-refractivity contribution in [3.8, 4) is 0 Å². The van der Waals surface area contributed by atoms with E-state index >= 15 is 0 Å². The smallest absolute Gasteiger partial charge is 0.228 e. The topological polar surface area (TPSA) is 29.5 Å². The fourth-order valence-electron chi connectivity index (χ4n) is 2.24. The minimum absolute atomic E-state index is 0.121. The third kappa shape index (κ3) is 1.96. The minimum Gasteiger partial charge on any atom is -0.381 e. The number of carbonyl (C=O) groups is 1. The molecule has 3 atom stereocenters. The Morgan fingerprint density at radius 3 is 2.86 bits per heavy atom. The predicted octanol–water partition coefficient (Wildman–Crippen LogP) is 1.41. The van der Waals surface area contributed by atoms with E-state index in [9.17, 15) is 4.79 Å². The van der Waals surface area contributed by atoms with E-state index < -0.39 is 0 Å². The average molecular weight is 262 g/mol. The molecule has 2 saturated heterocycles. The average Bonchev–Trinajstić information content (AvgIpc) is 2.73. The zero-order valence-corrected chi connectivity index (χ0v) is 10.00. The second kappa shape index (κ2) is 4.19. The molecule has 0 saturated carbocycles. The lowest BCUT2D eigenvalue weighted by Gasteiger charge is -2.24. The molecule has 3 nitrogen and oxygen atoms in total. The van der Waals surface area contributed by atoms with E-state index in [0.717, 1.165) is 26.0 Å². The quantitative estimate of drug-likeness (QED) is 0.669. The van der Waals surface area contributed by atoms with Crippen molar-refractivity contribution in [3.05, 3.63) is 0 Å². The molecule has 2 fully saturated rings. The molecule has 0 bridgehead atoms. The van der Waals surface area contributed by atoms with Gasteiger partial charge in [0.1, 0.15) is 0 Å². The Morgan fingerprint density at radius 1 is 1.57 bits per heavy atom. The molecule has 2 heterocycles. The number of alkyl halides is 1. The number of likely N-dealkylation sites (tertiary alicyclic amines) is 1. The summed E-state index contributed by atoms with van der Waals surface area (Å²) in [5.41, 5.74) is 0. The molecule has 2 aliphatic heterocycles. The molecule has 3 unspecified atom stereocenters. The van der Waals surface area contributed by atoms with Crippen molar-refractivity contribution < 1.29 is 9.53 Å². The van der Waals surface area contributed by atoms with Gasteiger partial charge < -0.3 is 9.64 Å². The van der Waals surface area contributed by atoms with E-state index in [-0.39, 0.29) is 11.8 Å². The van der Waals surface area contributed by atoms with Gasteiger partial charge >= 0.3 is 0 Å². The standard InChI is InChI=1S/C10H16BrNO2/c1-7-4-9(11)5-12(7)10(13)8-2-3-14-6-8/h7-9H,2-6H2,1H3. The summed E-state index contributed by atoms with van der Waals surface area (Å²) >= 11 is 3.57. The van der Waals surface area contributed by atoms with Gasteiger partial charge in [-0.25, -0.2) is 0 Å². The van der Waals surface area contributed by atoms with Gasteiger partial charge in [-0.3, -0.25) is 4.79 Å². The van der Waals surface area contributed by atoms with E-state index in [1.165, 1.54) is 0 Å². The highest BCUT2D eigenvalue weighted by atomic mass is 79.9. The number of carbonyl (C=O) groups excluding carboxylic acids is 1. The van der Waals surface area contributed by atoms with Crippen LogP contribution >= 0.6 is 15.9 Å². The summed E-state index contributed by atoms with van der Waals surface area (Å²) in [6, 6.07) is 0.382. The number of amides is 1. The molecule has 2 aliphatic rings. The monoisotopic (exact) mass is 261 g/mol. The van der Waals surface area contributed by atoms with Crippen LogP contribution in [-0.2, 0) is 9.53 Å². The summed E-state index contributed by atoms with van der Waals surface area (Å²) in [4.78, 5) is 14.5. The number of ether oxygens (including phenoxy) is 1. The number of hydrogen-bond donors (Lipinski definition) is 0. The number of hydrogen-bond acceptors (Lipinski definition) is 2. The molecule has 2 rings (SSSR count). The fraction of sp³-hybridized carbons (Fsp3) is 0.900. The van der Waals surface area contributed by atoms with Crippen molar-refractivity contribution in [2.45, 2.75) is 30.6 Å². The zero-order valence-electron chi connectivity index (χ0n) is 8.41. The van der Waals surface area contributed by atoms with Gasteiger partial charge in [0, 0.05) is 24.0 Å². The highest BCUT2D eigenvalue weighted by Crippen LogP contribution is 2.26. The normalized spacial score (nSPS) is 37.9. The maximum Gasteiger partial charge on any atom is 0.228 e. The van der Waals surface area contributed by atoms with Crippen LogP contribution < -0.4 is 0 Å². The molecule has 0 radical (unpaired) electrons. The number of halogens is 1. The van der Waals surface area contributed by atoms with Crippen LogP contribution in [0.15, 0.2) is 0 Å². The van der Waals surface area contributed by atoms with Crippen molar-refractivity contribution in [1.29, 1.82) is 0 Å². The van der Waals surface area contributed by atoms with Crippen LogP contribution in [0, 0.1) is 5.92 Å². The molecule has 0 aromatic rings. The van der Waals surface area contributed by atoms with Gasteiger partial charge in [-0.1, -0.05) is 15.9 Å². The van der Waals surface area contributed by atoms with Crippen LogP contribution in [0.25, 0.3) is 0 Å². The Hall–Kier alpha value is -0.0900. The molecular weight excluding hydrogens is 246 g/mol. The van der Waals surface area contributed by atoms with Crippen LogP contribution in [0.5, 0.6) is 0 Å². The molecule has 80 valence electrons. The first-order valence-electron chi connectivity index (χ1n) is 5.20. The number of nitrogens with zero attached hydrogens (tertiary/aromatic N) is 1. The van der Waals surface area contributed by atoms with Gasteiger partial charge in [0.15, 0.2) is 0 Å². The number of rotatable bonds is 1. The molecular formula is C10H16BrNO2. The lowest BCUT2D eigenvalue weighted by atomic mass is 10.1. The van der Waals surface area contributed by atoms with Crippen molar-refractivity contribution in [2.24, 2.45) is 5.92 Å². The maximum absolute atomic E-state index is 12.0. The second-order valence-electron chi connectivity index (χ2n) is 4.23. The van der Waals surface area contributed by atoms with Crippen LogP contribution in [0.1, 0.15) is 19.8 Å². The van der Waals surface area contributed by atoms with Gasteiger partial charge in [0.2, 0.25) is 5.91 Å². The maximum atomic E-state index is 12.0. The fourth-order valence-corrected chi connectivity index (χ4v) is 3.09. The van der Waals surface area contributed by atoms with Crippen molar-refractivity contribution in [1.82, 2.24) is 4.90 Å². The van der Waals surface area contributed by atoms with E-state index in [1.807, 2.05) is 4.90 Å². The van der Waals surface area contributed by atoms with Crippen molar-refractivity contribution in [2.75, 3.05) is 19.8 Å². The SMILES string of the molecule is CC1CC(Br)CN1C(=O)C1CCOC1. The second-order valence-corrected chi connectivity index (χ2v) is 5.53. The summed E-state index contributed by atoms with van der Waals surface area (Å²) < 4.78 is 5.24. The van der Waals surface area contributed by atoms with Gasteiger partial charge in [0.05, 0.1) is 12.5 Å². The summed E-state index contributed by atoms with van der Waals surface area (Å²) in [5, 5.41) is 0. The Balaban J connectivity index is 1.96. The summed E-state index contributed by atoms with van der Waals surface area (Å²) in [6.07, 6.45) is 1.97. The van der Waals surface area contributed by atoms with E-state index in [1.54, 1.807) is 0 Å². The Morgan fingerprint density at radius 2 is 2.36 bits per heavy atom. The van der Waals surface area contributed by atoms with Gasteiger partial charge in [0.25, 0.3) is 0 Å². The Kier molecular flexibility index (Phi) is 3.12. The summed E-state index contributed by atoms with van der Waals surface area (Å²) in [6.45, 7) is 4.34. The van der Waals surface area contributed by atoms with Gasteiger partial charge in [-0.05, 0) is 19.8 Å². The molecule has 4 heteroatoms. The molecule has 0 N–H and O–H groups in total. The van der Waals surface area contributed by atoms with E-state index in [4.69, 9.17) is 4.74 Å². The third-order valence-corrected chi connectivity index (χ3v) is 3.75. The van der Waals surface area contributed by atoms with Gasteiger partial charge in [-0.15, -0.1) is 0 Å². The first-order valence-corrected chi connectivity index (χ1v) is 6.12. The summed E-state index contributed by atoms with van der Waals surface area (Å²) in [5.74, 6) is 0.409. The first-order chi connectivity index (χ1) is 6.68. The van der Waals surface area contributed by atoms with Crippen molar-refractivity contribution in [3.63, 3.8) is 0 Å². The lowest BCUT2D eigenvalue weighted by Crippen LogP contribution is -2.38. The lowest BCUT2D eigenvalue weighted by molar-refractivity contribution is -0.136. The largest absolute Gasteiger partial charge is 0.381 e. The molecule has 0 aliphatic carbocycles. The Bertz CT molecular complexity index is 228. The molecule has 0 aromatic heterocycles. The van der Waals surface area contributed by atoms with Crippen LogP contribution in [0.3, 0.4) is 0 Å². The molecule has 1 amide bonds. The van der Waals surface area contributed by atoms with Crippen LogP contribution in [0.2, 0.25) is 0 Å². The van der Waals surface area contributed by atoms with Crippen LogP contribution in [0.4, 0.5) is 0 Å². The van der Waals surface area contributed by atoms with Crippen LogP contribution in [-0.4, -0.2) is 41.4 Å². The first kappa shape index (κ1) is 10.4. The molecule has 0 spiro atoms. The highest BCUT2D eigenvalue weighted by molar-refractivity contribution is 9.09. The zero-order chi connectivity index (χ0) is 10.1. The predicted molar refractivity (Wildman–Crippen MR) is 57.4 cm³/mol. The van der Waals surface area contributed by atoms with E-state index in [2.05, 4.69) is 22.9 Å². The van der Waals surface area contributed by atoms with Crippen molar-refractivity contribution >= 4 is 21.8 Å².